The molecular weight excluding hydrogens is 216 g/mol. The van der Waals surface area contributed by atoms with Gasteiger partial charge in [-0.3, -0.25) is 0 Å². The molecule has 0 atom stereocenters. The van der Waals surface area contributed by atoms with Crippen LogP contribution < -0.4 is 0 Å². The Morgan fingerprint density at radius 3 is 2.50 bits per heavy atom. The zero-order valence-corrected chi connectivity index (χ0v) is 10.2. The molecule has 2 aromatic carbocycles. The Bertz CT molecular complexity index is 687. The summed E-state index contributed by atoms with van der Waals surface area (Å²) in [5.41, 5.74) is 8.39. The van der Waals surface area contributed by atoms with Gasteiger partial charge in [0.1, 0.15) is 0 Å². The van der Waals surface area contributed by atoms with Gasteiger partial charge in [-0.25, -0.2) is 0 Å². The van der Waals surface area contributed by atoms with Crippen LogP contribution in [0.1, 0.15) is 29.5 Å². The molecule has 0 spiro atoms. The van der Waals surface area contributed by atoms with Gasteiger partial charge in [0.05, 0.1) is 0 Å². The van der Waals surface area contributed by atoms with Crippen molar-refractivity contribution < 1.29 is 0 Å². The lowest BCUT2D eigenvalue weighted by molar-refractivity contribution is 1.06. The third kappa shape index (κ3) is 1.26. The highest BCUT2D eigenvalue weighted by Gasteiger charge is 2.24. The van der Waals surface area contributed by atoms with Crippen LogP contribution in [0.5, 0.6) is 0 Å². The van der Waals surface area contributed by atoms with Gasteiger partial charge in [-0.15, -0.1) is 0 Å². The Morgan fingerprint density at radius 1 is 0.722 bits per heavy atom. The molecule has 2 aliphatic rings. The second kappa shape index (κ2) is 3.71. The number of hydrogen-bond acceptors (Lipinski definition) is 0. The molecule has 0 bridgehead atoms. The Balaban J connectivity index is 2.13. The number of allylic oxidation sites excluding steroid dienone is 2. The maximum absolute atomic E-state index is 2.40. The highest BCUT2D eigenvalue weighted by Crippen LogP contribution is 2.46. The fourth-order valence-electron chi connectivity index (χ4n) is 3.07. The molecular formula is C18H14. The molecule has 86 valence electrons. The first kappa shape index (κ1) is 9.90. The number of benzene rings is 2. The van der Waals surface area contributed by atoms with Gasteiger partial charge in [0.2, 0.25) is 0 Å². The SMILES string of the molecule is C1=C\c2cccc3c2/C(=C\CC/1)c1ccccc1-3. The summed E-state index contributed by atoms with van der Waals surface area (Å²) in [5, 5.41) is 0. The van der Waals surface area contributed by atoms with E-state index < -0.39 is 0 Å². The maximum atomic E-state index is 2.40. The molecule has 0 nitrogen and oxygen atoms in total. The summed E-state index contributed by atoms with van der Waals surface area (Å²) in [4.78, 5) is 0. The van der Waals surface area contributed by atoms with Crippen molar-refractivity contribution in [2.24, 2.45) is 0 Å². The highest BCUT2D eigenvalue weighted by molar-refractivity contribution is 6.03. The molecule has 0 heteroatoms. The minimum atomic E-state index is 1.13. The van der Waals surface area contributed by atoms with E-state index in [4.69, 9.17) is 0 Å². The van der Waals surface area contributed by atoms with E-state index in [2.05, 4.69) is 60.7 Å². The fourth-order valence-corrected chi connectivity index (χ4v) is 3.07. The van der Waals surface area contributed by atoms with Gasteiger partial charge >= 0.3 is 0 Å². The summed E-state index contributed by atoms with van der Waals surface area (Å²) in [6, 6.07) is 15.4. The average molecular weight is 230 g/mol. The van der Waals surface area contributed by atoms with Gasteiger partial charge in [0.15, 0.2) is 0 Å². The van der Waals surface area contributed by atoms with Crippen LogP contribution in [0.15, 0.2) is 54.6 Å². The minimum Gasteiger partial charge on any atom is -0.0836 e. The Hall–Kier alpha value is -2.08. The second-order valence-corrected chi connectivity index (χ2v) is 4.91. The van der Waals surface area contributed by atoms with E-state index in [0.717, 1.165) is 12.8 Å². The van der Waals surface area contributed by atoms with E-state index in [9.17, 15) is 0 Å². The smallest absolute Gasteiger partial charge is 0.00297 e. The van der Waals surface area contributed by atoms with Crippen molar-refractivity contribution in [3.63, 3.8) is 0 Å². The van der Waals surface area contributed by atoms with Crippen molar-refractivity contribution in [2.75, 3.05) is 0 Å². The van der Waals surface area contributed by atoms with Crippen molar-refractivity contribution in [1.29, 1.82) is 0 Å². The van der Waals surface area contributed by atoms with E-state index in [1.807, 2.05) is 0 Å². The van der Waals surface area contributed by atoms with Crippen molar-refractivity contribution in [1.82, 2.24) is 0 Å². The molecule has 4 rings (SSSR count). The lowest BCUT2D eigenvalue weighted by atomic mass is 9.95. The number of rotatable bonds is 0. The van der Waals surface area contributed by atoms with Crippen molar-refractivity contribution >= 4 is 11.6 Å². The molecule has 0 radical (unpaired) electrons. The van der Waals surface area contributed by atoms with Crippen molar-refractivity contribution in [2.45, 2.75) is 12.8 Å². The molecule has 0 saturated heterocycles. The van der Waals surface area contributed by atoms with E-state index in [1.54, 1.807) is 0 Å². The molecule has 0 aliphatic heterocycles. The van der Waals surface area contributed by atoms with E-state index in [1.165, 1.54) is 33.4 Å². The molecule has 0 aromatic heterocycles. The van der Waals surface area contributed by atoms with Gasteiger partial charge in [-0.05, 0) is 46.2 Å². The summed E-state index contributed by atoms with van der Waals surface area (Å²) < 4.78 is 0. The maximum Gasteiger partial charge on any atom is -0.00297 e. The van der Waals surface area contributed by atoms with Crippen LogP contribution in [0.3, 0.4) is 0 Å². The van der Waals surface area contributed by atoms with Crippen molar-refractivity contribution in [3.05, 3.63) is 71.3 Å². The molecule has 18 heavy (non-hydrogen) atoms. The van der Waals surface area contributed by atoms with Gasteiger partial charge < -0.3 is 0 Å². The summed E-state index contributed by atoms with van der Waals surface area (Å²) in [5.74, 6) is 0. The summed E-state index contributed by atoms with van der Waals surface area (Å²) >= 11 is 0. The minimum absolute atomic E-state index is 1.13. The summed E-state index contributed by atoms with van der Waals surface area (Å²) in [6.07, 6.45) is 9.23. The Labute approximate surface area is 107 Å². The van der Waals surface area contributed by atoms with Gasteiger partial charge in [0.25, 0.3) is 0 Å². The van der Waals surface area contributed by atoms with Gasteiger partial charge in [-0.2, -0.15) is 0 Å². The van der Waals surface area contributed by atoms with Crippen LogP contribution in [-0.2, 0) is 0 Å². The van der Waals surface area contributed by atoms with E-state index in [-0.39, 0.29) is 0 Å². The van der Waals surface area contributed by atoms with Crippen LogP contribution in [0, 0.1) is 0 Å². The predicted molar refractivity (Wildman–Crippen MR) is 77.2 cm³/mol. The van der Waals surface area contributed by atoms with E-state index in [0.29, 0.717) is 0 Å². The van der Waals surface area contributed by atoms with Crippen molar-refractivity contribution in [3.8, 4) is 11.1 Å². The lowest BCUT2D eigenvalue weighted by Crippen LogP contribution is -1.88. The highest BCUT2D eigenvalue weighted by atomic mass is 14.3. The molecule has 0 saturated carbocycles. The zero-order chi connectivity index (χ0) is 11.9. The summed E-state index contributed by atoms with van der Waals surface area (Å²) in [6.45, 7) is 0. The summed E-state index contributed by atoms with van der Waals surface area (Å²) in [7, 11) is 0. The first-order chi connectivity index (χ1) is 8.95. The Morgan fingerprint density at radius 2 is 1.56 bits per heavy atom. The standard InChI is InChI=1S/C18H14/c1-2-7-13-8-6-12-17-15-10-5-4-9-14(15)16(11-3-1)18(13)17/h2,4-12H,1,3H2/b7-2-,16-11-. The largest absolute Gasteiger partial charge is 0.0836 e. The third-order valence-electron chi connectivity index (χ3n) is 3.85. The monoisotopic (exact) mass is 230 g/mol. The third-order valence-corrected chi connectivity index (χ3v) is 3.85. The molecule has 0 heterocycles. The van der Waals surface area contributed by atoms with Crippen LogP contribution in [0.25, 0.3) is 22.8 Å². The topological polar surface area (TPSA) is 0 Å². The second-order valence-electron chi connectivity index (χ2n) is 4.91. The average Bonchev–Trinajstić information content (AvgIpc) is 2.70. The first-order valence-corrected chi connectivity index (χ1v) is 6.55. The van der Waals surface area contributed by atoms with Crippen LogP contribution in [0.2, 0.25) is 0 Å². The fraction of sp³-hybridized carbons (Fsp3) is 0.111. The van der Waals surface area contributed by atoms with E-state index >= 15 is 0 Å². The first-order valence-electron chi connectivity index (χ1n) is 6.55. The van der Waals surface area contributed by atoms with Gasteiger partial charge in [0, 0.05) is 0 Å². The lowest BCUT2D eigenvalue weighted by Gasteiger charge is -2.09. The molecule has 0 fully saturated rings. The zero-order valence-electron chi connectivity index (χ0n) is 10.2. The predicted octanol–water partition coefficient (Wildman–Crippen LogP) is 4.91. The molecule has 0 unspecified atom stereocenters. The Kier molecular flexibility index (Phi) is 2.04. The van der Waals surface area contributed by atoms with Gasteiger partial charge in [-0.1, -0.05) is 60.7 Å². The number of fused-ring (bicyclic) bond motifs is 3. The van der Waals surface area contributed by atoms with Crippen LogP contribution in [0.4, 0.5) is 0 Å². The molecule has 2 aromatic rings. The molecule has 2 aliphatic carbocycles. The molecule has 0 amide bonds. The van der Waals surface area contributed by atoms with Crippen LogP contribution >= 0.6 is 0 Å². The molecule has 0 N–H and O–H groups in total. The van der Waals surface area contributed by atoms with Crippen LogP contribution in [-0.4, -0.2) is 0 Å². The quantitative estimate of drug-likeness (QED) is 0.515. The number of hydrogen-bond donors (Lipinski definition) is 0. The normalized spacial score (nSPS) is 20.1.